The average Bonchev–Trinajstić information content (AvgIpc) is 2.62. The van der Waals surface area contributed by atoms with E-state index in [1.807, 2.05) is 36.4 Å². The van der Waals surface area contributed by atoms with Gasteiger partial charge in [-0.1, -0.05) is 18.2 Å². The van der Waals surface area contributed by atoms with Crippen molar-refractivity contribution in [2.75, 3.05) is 29.0 Å². The number of amides is 1. The molecule has 0 radical (unpaired) electrons. The van der Waals surface area contributed by atoms with E-state index in [2.05, 4.69) is 22.3 Å². The summed E-state index contributed by atoms with van der Waals surface area (Å²) in [5, 5.41) is 2.96. The molecule has 2 aromatic rings. The van der Waals surface area contributed by atoms with E-state index in [0.717, 1.165) is 30.0 Å². The molecule has 0 spiro atoms. The third-order valence-electron chi connectivity index (χ3n) is 4.55. The van der Waals surface area contributed by atoms with E-state index in [4.69, 9.17) is 5.73 Å². The molecule has 3 N–H and O–H groups in total. The molecular weight excluding hydrogens is 298 g/mol. The van der Waals surface area contributed by atoms with E-state index in [1.54, 1.807) is 0 Å². The number of nitrogen functional groups attached to an aromatic ring is 1. The Morgan fingerprint density at radius 3 is 2.42 bits per heavy atom. The van der Waals surface area contributed by atoms with Gasteiger partial charge in [-0.3, -0.25) is 4.79 Å². The molecule has 0 atom stereocenters. The Morgan fingerprint density at radius 2 is 1.71 bits per heavy atom. The molecule has 0 bridgehead atoms. The summed E-state index contributed by atoms with van der Waals surface area (Å²) >= 11 is 0. The number of aryl methyl sites for hydroxylation is 1. The Hall–Kier alpha value is -2.49. The van der Waals surface area contributed by atoms with Gasteiger partial charge in [0.1, 0.15) is 0 Å². The van der Waals surface area contributed by atoms with Crippen LogP contribution in [0.2, 0.25) is 0 Å². The van der Waals surface area contributed by atoms with Crippen LogP contribution in [-0.2, 0) is 11.2 Å². The Kier molecular flexibility index (Phi) is 5.36. The fourth-order valence-corrected chi connectivity index (χ4v) is 3.14. The summed E-state index contributed by atoms with van der Waals surface area (Å²) in [5.41, 5.74) is 9.77. The van der Waals surface area contributed by atoms with E-state index in [1.165, 1.54) is 24.9 Å². The molecule has 4 heteroatoms. The quantitative estimate of drug-likeness (QED) is 0.822. The molecule has 1 aliphatic rings. The molecular formula is C20H25N3O. The van der Waals surface area contributed by atoms with Crippen molar-refractivity contribution < 1.29 is 4.79 Å². The van der Waals surface area contributed by atoms with Crippen LogP contribution < -0.4 is 16.0 Å². The lowest BCUT2D eigenvalue weighted by Gasteiger charge is -2.28. The first-order chi connectivity index (χ1) is 11.7. The summed E-state index contributed by atoms with van der Waals surface area (Å²) in [6.07, 6.45) is 4.95. The van der Waals surface area contributed by atoms with Gasteiger partial charge in [0.25, 0.3) is 0 Å². The smallest absolute Gasteiger partial charge is 0.224 e. The van der Waals surface area contributed by atoms with Gasteiger partial charge in [0.2, 0.25) is 5.91 Å². The minimum absolute atomic E-state index is 0.0176. The number of carbonyl (C=O) groups is 1. The minimum Gasteiger partial charge on any atom is -0.399 e. The van der Waals surface area contributed by atoms with Crippen LogP contribution in [0.15, 0.2) is 48.5 Å². The van der Waals surface area contributed by atoms with Crippen molar-refractivity contribution in [3.63, 3.8) is 0 Å². The number of nitrogens with zero attached hydrogens (tertiary/aromatic N) is 1. The van der Waals surface area contributed by atoms with Gasteiger partial charge >= 0.3 is 0 Å². The first-order valence-electron chi connectivity index (χ1n) is 8.70. The number of carbonyl (C=O) groups excluding carboxylic acids is 1. The Bertz CT molecular complexity index is 676. The predicted molar refractivity (Wildman–Crippen MR) is 100 cm³/mol. The first kappa shape index (κ1) is 16.4. The molecule has 1 fully saturated rings. The second-order valence-electron chi connectivity index (χ2n) is 6.34. The fraction of sp³-hybridized carbons (Fsp3) is 0.350. The van der Waals surface area contributed by atoms with Crippen LogP contribution in [0.3, 0.4) is 0 Å². The van der Waals surface area contributed by atoms with Gasteiger partial charge in [0.05, 0.1) is 0 Å². The van der Waals surface area contributed by atoms with Crippen LogP contribution in [0.1, 0.15) is 31.2 Å². The van der Waals surface area contributed by atoms with Gasteiger partial charge < -0.3 is 16.0 Å². The SMILES string of the molecule is Nc1ccccc1CCC(=O)Nc1ccc(N2CCCCC2)cc1. The molecule has 24 heavy (non-hydrogen) atoms. The van der Waals surface area contributed by atoms with Crippen LogP contribution in [-0.4, -0.2) is 19.0 Å². The summed E-state index contributed by atoms with van der Waals surface area (Å²) in [5.74, 6) is 0.0176. The summed E-state index contributed by atoms with van der Waals surface area (Å²) in [6.45, 7) is 2.26. The number of hydrogen-bond donors (Lipinski definition) is 2. The molecule has 1 amide bonds. The third kappa shape index (κ3) is 4.28. The van der Waals surface area contributed by atoms with Crippen LogP contribution in [0.5, 0.6) is 0 Å². The highest BCUT2D eigenvalue weighted by molar-refractivity contribution is 5.91. The average molecular weight is 323 g/mol. The largest absolute Gasteiger partial charge is 0.399 e. The molecule has 1 saturated heterocycles. The summed E-state index contributed by atoms with van der Waals surface area (Å²) in [6, 6.07) is 15.8. The first-order valence-corrected chi connectivity index (χ1v) is 8.70. The van der Waals surface area contributed by atoms with E-state index < -0.39 is 0 Å². The topological polar surface area (TPSA) is 58.4 Å². The number of nitrogens with one attached hydrogen (secondary N) is 1. The normalized spacial score (nSPS) is 14.4. The molecule has 4 nitrogen and oxygen atoms in total. The Morgan fingerprint density at radius 1 is 1.00 bits per heavy atom. The van der Waals surface area contributed by atoms with Crippen molar-refractivity contribution in [1.29, 1.82) is 0 Å². The van der Waals surface area contributed by atoms with Crippen LogP contribution in [0.25, 0.3) is 0 Å². The van der Waals surface area contributed by atoms with E-state index in [0.29, 0.717) is 12.8 Å². The highest BCUT2D eigenvalue weighted by Gasteiger charge is 2.11. The van der Waals surface area contributed by atoms with Gasteiger partial charge in [-0.15, -0.1) is 0 Å². The van der Waals surface area contributed by atoms with Gasteiger partial charge in [-0.05, 0) is 61.6 Å². The third-order valence-corrected chi connectivity index (χ3v) is 4.55. The second kappa shape index (κ2) is 7.86. The number of rotatable bonds is 5. The van der Waals surface area contributed by atoms with Crippen molar-refractivity contribution in [3.8, 4) is 0 Å². The lowest BCUT2D eigenvalue weighted by atomic mass is 10.1. The van der Waals surface area contributed by atoms with Crippen molar-refractivity contribution >= 4 is 23.0 Å². The molecule has 1 heterocycles. The van der Waals surface area contributed by atoms with Crippen molar-refractivity contribution in [1.82, 2.24) is 0 Å². The lowest BCUT2D eigenvalue weighted by Crippen LogP contribution is -2.29. The summed E-state index contributed by atoms with van der Waals surface area (Å²) in [4.78, 5) is 14.5. The standard InChI is InChI=1S/C20H25N3O/c21-19-7-3-2-6-16(19)8-13-20(24)22-17-9-11-18(12-10-17)23-14-4-1-5-15-23/h2-3,6-7,9-12H,1,4-5,8,13-15,21H2,(H,22,24). The minimum atomic E-state index is 0.0176. The van der Waals surface area contributed by atoms with Crippen molar-refractivity contribution in [3.05, 3.63) is 54.1 Å². The number of para-hydroxylation sites is 1. The summed E-state index contributed by atoms with van der Waals surface area (Å²) < 4.78 is 0. The van der Waals surface area contributed by atoms with E-state index >= 15 is 0 Å². The maximum atomic E-state index is 12.1. The van der Waals surface area contributed by atoms with Gasteiger partial charge in [0.15, 0.2) is 0 Å². The Balaban J connectivity index is 1.52. The predicted octanol–water partition coefficient (Wildman–Crippen LogP) is 3.83. The molecule has 0 unspecified atom stereocenters. The van der Waals surface area contributed by atoms with Gasteiger partial charge in [0, 0.05) is 36.6 Å². The molecule has 126 valence electrons. The number of nitrogens with two attached hydrogens (primary N) is 1. The van der Waals surface area contributed by atoms with Crippen LogP contribution >= 0.6 is 0 Å². The molecule has 1 aliphatic heterocycles. The molecule has 3 rings (SSSR count). The zero-order chi connectivity index (χ0) is 16.8. The zero-order valence-electron chi connectivity index (χ0n) is 14.0. The van der Waals surface area contributed by atoms with Crippen molar-refractivity contribution in [2.24, 2.45) is 0 Å². The molecule has 0 aromatic heterocycles. The maximum absolute atomic E-state index is 12.1. The Labute approximate surface area is 143 Å². The summed E-state index contributed by atoms with van der Waals surface area (Å²) in [7, 11) is 0. The van der Waals surface area contributed by atoms with E-state index in [9.17, 15) is 4.79 Å². The molecule has 0 saturated carbocycles. The van der Waals surface area contributed by atoms with Crippen LogP contribution in [0.4, 0.5) is 17.1 Å². The number of hydrogen-bond acceptors (Lipinski definition) is 3. The van der Waals surface area contributed by atoms with E-state index in [-0.39, 0.29) is 5.91 Å². The zero-order valence-corrected chi connectivity index (χ0v) is 14.0. The number of piperidine rings is 1. The second-order valence-corrected chi connectivity index (χ2v) is 6.34. The monoisotopic (exact) mass is 323 g/mol. The maximum Gasteiger partial charge on any atom is 0.224 e. The van der Waals surface area contributed by atoms with Crippen LogP contribution in [0, 0.1) is 0 Å². The molecule has 0 aliphatic carbocycles. The van der Waals surface area contributed by atoms with Gasteiger partial charge in [-0.25, -0.2) is 0 Å². The van der Waals surface area contributed by atoms with Crippen molar-refractivity contribution in [2.45, 2.75) is 32.1 Å². The lowest BCUT2D eigenvalue weighted by molar-refractivity contribution is -0.116. The highest BCUT2D eigenvalue weighted by atomic mass is 16.1. The highest BCUT2D eigenvalue weighted by Crippen LogP contribution is 2.22. The number of benzene rings is 2. The van der Waals surface area contributed by atoms with Gasteiger partial charge in [-0.2, -0.15) is 0 Å². The molecule has 2 aromatic carbocycles. The number of anilines is 3. The fourth-order valence-electron chi connectivity index (χ4n) is 3.14.